The van der Waals surface area contributed by atoms with E-state index >= 15 is 0 Å². The van der Waals surface area contributed by atoms with Crippen molar-refractivity contribution in [2.24, 2.45) is 0 Å². The number of hydrogen-bond donors (Lipinski definition) is 0. The van der Waals surface area contributed by atoms with E-state index in [1.54, 1.807) is 6.33 Å². The molecule has 2 fully saturated rings. The zero-order valence-electron chi connectivity index (χ0n) is 14.6. The van der Waals surface area contributed by atoms with E-state index in [0.29, 0.717) is 12.5 Å². The molecule has 2 aliphatic heterocycles. The Labute approximate surface area is 143 Å². The molecule has 1 unspecified atom stereocenters. The van der Waals surface area contributed by atoms with Crippen molar-refractivity contribution < 1.29 is 9.53 Å². The first-order valence-corrected chi connectivity index (χ1v) is 8.91. The summed E-state index contributed by atoms with van der Waals surface area (Å²) >= 11 is 0. The lowest BCUT2D eigenvalue weighted by Crippen LogP contribution is -2.54. The molecule has 3 heterocycles. The number of likely N-dealkylation sites (tertiary alicyclic amines) is 1. The van der Waals surface area contributed by atoms with Gasteiger partial charge in [0.05, 0.1) is 12.6 Å². The SMILES string of the molecule is CCOc1cc(N2CCN(C(C)C(=O)N3CCCC3)CC2)ncn1. The van der Waals surface area contributed by atoms with Crippen LogP contribution in [0.3, 0.4) is 0 Å². The Morgan fingerprint density at radius 3 is 2.54 bits per heavy atom. The number of carbonyl (C=O) groups excluding carboxylic acids is 1. The van der Waals surface area contributed by atoms with Gasteiger partial charge in [-0.05, 0) is 26.7 Å². The van der Waals surface area contributed by atoms with Crippen LogP contribution in [0, 0.1) is 0 Å². The smallest absolute Gasteiger partial charge is 0.239 e. The highest BCUT2D eigenvalue weighted by atomic mass is 16.5. The minimum atomic E-state index is -0.0327. The van der Waals surface area contributed by atoms with Crippen LogP contribution in [0.2, 0.25) is 0 Å². The lowest BCUT2D eigenvalue weighted by molar-refractivity contribution is -0.135. The molecule has 1 atom stereocenters. The number of amides is 1. The van der Waals surface area contributed by atoms with Crippen molar-refractivity contribution in [1.82, 2.24) is 19.8 Å². The van der Waals surface area contributed by atoms with Gasteiger partial charge < -0.3 is 14.5 Å². The number of anilines is 1. The summed E-state index contributed by atoms with van der Waals surface area (Å²) in [4.78, 5) is 27.5. The third kappa shape index (κ3) is 3.77. The molecule has 0 bridgehead atoms. The summed E-state index contributed by atoms with van der Waals surface area (Å²) in [6.07, 6.45) is 3.83. The van der Waals surface area contributed by atoms with Gasteiger partial charge in [-0.1, -0.05) is 0 Å². The van der Waals surface area contributed by atoms with Crippen LogP contribution in [-0.4, -0.2) is 77.6 Å². The highest BCUT2D eigenvalue weighted by Gasteiger charge is 2.30. The second kappa shape index (κ2) is 7.79. The van der Waals surface area contributed by atoms with Crippen molar-refractivity contribution >= 4 is 11.7 Å². The van der Waals surface area contributed by atoms with Crippen molar-refractivity contribution in [3.8, 4) is 5.88 Å². The maximum Gasteiger partial charge on any atom is 0.239 e. The summed E-state index contributed by atoms with van der Waals surface area (Å²) < 4.78 is 5.45. The average Bonchev–Trinajstić information content (AvgIpc) is 3.16. The molecule has 1 aromatic rings. The van der Waals surface area contributed by atoms with E-state index in [4.69, 9.17) is 4.74 Å². The predicted molar refractivity (Wildman–Crippen MR) is 92.3 cm³/mol. The third-order valence-electron chi connectivity index (χ3n) is 4.88. The van der Waals surface area contributed by atoms with Crippen molar-refractivity contribution in [2.45, 2.75) is 32.7 Å². The molecule has 2 aliphatic rings. The molecule has 0 spiro atoms. The van der Waals surface area contributed by atoms with E-state index in [9.17, 15) is 4.79 Å². The summed E-state index contributed by atoms with van der Waals surface area (Å²) in [6, 6.07) is 1.85. The standard InChI is InChI=1S/C17H27N5O2/c1-3-24-16-12-15(18-13-19-16)21-10-8-20(9-11-21)14(2)17(23)22-6-4-5-7-22/h12-14H,3-11H2,1-2H3. The number of ether oxygens (including phenoxy) is 1. The Balaban J connectivity index is 1.55. The van der Waals surface area contributed by atoms with Gasteiger partial charge in [0.15, 0.2) is 0 Å². The van der Waals surface area contributed by atoms with Gasteiger partial charge in [-0.15, -0.1) is 0 Å². The van der Waals surface area contributed by atoms with E-state index in [1.807, 2.05) is 24.8 Å². The predicted octanol–water partition coefficient (Wildman–Crippen LogP) is 1.01. The molecule has 2 saturated heterocycles. The van der Waals surface area contributed by atoms with Crippen molar-refractivity contribution in [1.29, 1.82) is 0 Å². The molecule has 7 heteroatoms. The zero-order chi connectivity index (χ0) is 16.9. The fourth-order valence-electron chi connectivity index (χ4n) is 3.43. The lowest BCUT2D eigenvalue weighted by Gasteiger charge is -2.38. The van der Waals surface area contributed by atoms with Crippen LogP contribution in [0.15, 0.2) is 12.4 Å². The van der Waals surface area contributed by atoms with Gasteiger partial charge in [0.1, 0.15) is 12.1 Å². The molecular formula is C17H27N5O2. The maximum absolute atomic E-state index is 12.5. The summed E-state index contributed by atoms with van der Waals surface area (Å²) in [5, 5.41) is 0. The van der Waals surface area contributed by atoms with Crippen LogP contribution in [0.25, 0.3) is 0 Å². The summed E-state index contributed by atoms with van der Waals surface area (Å²) in [6.45, 7) is 9.88. The van der Waals surface area contributed by atoms with Gasteiger partial charge in [0, 0.05) is 45.3 Å². The van der Waals surface area contributed by atoms with E-state index in [1.165, 1.54) is 0 Å². The number of piperazine rings is 1. The van der Waals surface area contributed by atoms with Gasteiger partial charge in [-0.25, -0.2) is 9.97 Å². The zero-order valence-corrected chi connectivity index (χ0v) is 14.6. The van der Waals surface area contributed by atoms with Gasteiger partial charge in [-0.2, -0.15) is 0 Å². The summed E-state index contributed by atoms with van der Waals surface area (Å²) in [7, 11) is 0. The number of aromatic nitrogens is 2. The molecule has 0 saturated carbocycles. The second-order valence-electron chi connectivity index (χ2n) is 6.38. The molecule has 0 radical (unpaired) electrons. The molecule has 24 heavy (non-hydrogen) atoms. The lowest BCUT2D eigenvalue weighted by atomic mass is 10.2. The molecule has 0 aromatic carbocycles. The van der Waals surface area contributed by atoms with Crippen LogP contribution in [-0.2, 0) is 4.79 Å². The van der Waals surface area contributed by atoms with Crippen LogP contribution in [0.1, 0.15) is 26.7 Å². The van der Waals surface area contributed by atoms with Crippen LogP contribution in [0.4, 0.5) is 5.82 Å². The Morgan fingerprint density at radius 1 is 1.17 bits per heavy atom. The van der Waals surface area contributed by atoms with E-state index < -0.39 is 0 Å². The van der Waals surface area contributed by atoms with Crippen molar-refractivity contribution in [2.75, 3.05) is 50.8 Å². The minimum Gasteiger partial charge on any atom is -0.478 e. The number of hydrogen-bond acceptors (Lipinski definition) is 6. The first-order valence-electron chi connectivity index (χ1n) is 8.91. The second-order valence-corrected chi connectivity index (χ2v) is 6.38. The Bertz CT molecular complexity index is 554. The van der Waals surface area contributed by atoms with Crippen LogP contribution < -0.4 is 9.64 Å². The minimum absolute atomic E-state index is 0.0327. The monoisotopic (exact) mass is 333 g/mol. The molecule has 1 amide bonds. The largest absolute Gasteiger partial charge is 0.478 e. The third-order valence-corrected chi connectivity index (χ3v) is 4.88. The average molecular weight is 333 g/mol. The molecular weight excluding hydrogens is 306 g/mol. The Kier molecular flexibility index (Phi) is 5.50. The molecule has 1 aromatic heterocycles. The van der Waals surface area contributed by atoms with Gasteiger partial charge in [0.2, 0.25) is 11.8 Å². The summed E-state index contributed by atoms with van der Waals surface area (Å²) in [5.41, 5.74) is 0. The molecule has 0 aliphatic carbocycles. The van der Waals surface area contributed by atoms with E-state index in [0.717, 1.165) is 57.9 Å². The van der Waals surface area contributed by atoms with Gasteiger partial charge in [0.25, 0.3) is 0 Å². The molecule has 3 rings (SSSR count). The molecule has 0 N–H and O–H groups in total. The Hall–Kier alpha value is -1.89. The quantitative estimate of drug-likeness (QED) is 0.801. The topological polar surface area (TPSA) is 61.8 Å². The summed E-state index contributed by atoms with van der Waals surface area (Å²) in [5.74, 6) is 1.79. The normalized spacial score (nSPS) is 20.2. The van der Waals surface area contributed by atoms with E-state index in [-0.39, 0.29) is 11.9 Å². The first-order chi connectivity index (χ1) is 11.7. The van der Waals surface area contributed by atoms with E-state index in [2.05, 4.69) is 19.8 Å². The van der Waals surface area contributed by atoms with Gasteiger partial charge >= 0.3 is 0 Å². The van der Waals surface area contributed by atoms with Crippen molar-refractivity contribution in [3.05, 3.63) is 12.4 Å². The Morgan fingerprint density at radius 2 is 1.88 bits per heavy atom. The first kappa shape index (κ1) is 17.0. The number of nitrogens with zero attached hydrogens (tertiary/aromatic N) is 5. The fourth-order valence-corrected chi connectivity index (χ4v) is 3.43. The molecule has 132 valence electrons. The maximum atomic E-state index is 12.5. The number of carbonyl (C=O) groups is 1. The van der Waals surface area contributed by atoms with Crippen molar-refractivity contribution in [3.63, 3.8) is 0 Å². The van der Waals surface area contributed by atoms with Crippen LogP contribution >= 0.6 is 0 Å². The van der Waals surface area contributed by atoms with Crippen LogP contribution in [0.5, 0.6) is 5.88 Å². The number of rotatable bonds is 5. The highest BCUT2D eigenvalue weighted by Crippen LogP contribution is 2.19. The fraction of sp³-hybridized carbons (Fsp3) is 0.706. The highest BCUT2D eigenvalue weighted by molar-refractivity contribution is 5.81. The van der Waals surface area contributed by atoms with Gasteiger partial charge in [-0.3, -0.25) is 9.69 Å². The molecule has 7 nitrogen and oxygen atoms in total.